The topological polar surface area (TPSA) is 114 Å². The first-order valence-electron chi connectivity index (χ1n) is 17.0. The number of fused-ring (bicyclic) bond motifs is 4. The summed E-state index contributed by atoms with van der Waals surface area (Å²) < 4.78 is 85.0. The van der Waals surface area contributed by atoms with E-state index in [2.05, 4.69) is 19.6 Å². The zero-order valence-electron chi connectivity index (χ0n) is 28.8. The summed E-state index contributed by atoms with van der Waals surface area (Å²) in [6.07, 6.45) is -2.25. The summed E-state index contributed by atoms with van der Waals surface area (Å²) in [4.78, 5) is 27.0. The Morgan fingerprint density at radius 2 is 1.72 bits per heavy atom. The van der Waals surface area contributed by atoms with Gasteiger partial charge >= 0.3 is 6.18 Å². The number of hydrogen-bond donors (Lipinski definition) is 1. The molecule has 3 aromatic rings. The van der Waals surface area contributed by atoms with Crippen LogP contribution in [0.15, 0.2) is 53.4 Å². The summed E-state index contributed by atoms with van der Waals surface area (Å²) in [6, 6.07) is 11.7. The fraction of sp³-hybridized carbons (Fsp3) is 0.528. The molecular formula is C36H44F3N5O5S. The van der Waals surface area contributed by atoms with Crippen LogP contribution in [-0.4, -0.2) is 92.3 Å². The zero-order valence-corrected chi connectivity index (χ0v) is 29.6. The molecule has 1 atom stereocenters. The largest absolute Gasteiger partial charge is 0.475 e. The van der Waals surface area contributed by atoms with E-state index < -0.39 is 33.6 Å². The fourth-order valence-electron chi connectivity index (χ4n) is 7.46. The predicted molar refractivity (Wildman–Crippen MR) is 183 cm³/mol. The molecule has 4 bridgehead atoms. The summed E-state index contributed by atoms with van der Waals surface area (Å²) >= 11 is 0. The second-order valence-electron chi connectivity index (χ2n) is 13.9. The molecule has 1 N–H and O–H groups in total. The van der Waals surface area contributed by atoms with Crippen LogP contribution in [0.5, 0.6) is 5.88 Å². The molecule has 1 aliphatic heterocycles. The highest BCUT2D eigenvalue weighted by atomic mass is 32.2. The average molecular weight is 716 g/mol. The molecule has 2 heterocycles. The minimum absolute atomic E-state index is 0.0148. The van der Waals surface area contributed by atoms with Gasteiger partial charge in [-0.1, -0.05) is 24.3 Å². The monoisotopic (exact) mass is 715 g/mol. The normalized spacial score (nSPS) is 23.2. The zero-order chi connectivity index (χ0) is 35.8. The van der Waals surface area contributed by atoms with Crippen LogP contribution < -0.4 is 9.46 Å². The Balaban J connectivity index is 1.44. The van der Waals surface area contributed by atoms with E-state index in [-0.39, 0.29) is 60.2 Å². The van der Waals surface area contributed by atoms with Crippen molar-refractivity contribution >= 4 is 21.9 Å². The number of rotatable bonds is 8. The van der Waals surface area contributed by atoms with Crippen LogP contribution >= 0.6 is 0 Å². The molecule has 2 aromatic carbocycles. The van der Waals surface area contributed by atoms with Gasteiger partial charge in [0.05, 0.1) is 28.7 Å². The van der Waals surface area contributed by atoms with E-state index >= 15 is 0 Å². The Hall–Kier alpha value is -3.75. The molecule has 2 fully saturated rings. The fourth-order valence-corrected chi connectivity index (χ4v) is 8.45. The van der Waals surface area contributed by atoms with Crippen molar-refractivity contribution in [2.75, 3.05) is 38.6 Å². The Kier molecular flexibility index (Phi) is 10.2. The number of nitrogens with zero attached hydrogens (tertiary/aromatic N) is 4. The Labute approximate surface area is 291 Å². The number of carbonyl (C=O) groups excluding carboxylic acids is 1. The van der Waals surface area contributed by atoms with Gasteiger partial charge in [-0.25, -0.2) is 18.1 Å². The van der Waals surface area contributed by atoms with Gasteiger partial charge in [0.1, 0.15) is 6.61 Å². The number of amides is 1. The third-order valence-corrected chi connectivity index (χ3v) is 11.8. The molecule has 2 saturated carbocycles. The number of nitrogens with one attached hydrogen (secondary N) is 1. The number of ether oxygens (including phenoxy) is 2. The molecule has 1 aromatic heterocycles. The lowest BCUT2D eigenvalue weighted by molar-refractivity contribution is -0.193. The Morgan fingerprint density at radius 3 is 2.36 bits per heavy atom. The highest BCUT2D eigenvalue weighted by molar-refractivity contribution is 7.92. The van der Waals surface area contributed by atoms with Crippen LogP contribution in [0.4, 0.5) is 19.1 Å². The van der Waals surface area contributed by atoms with Crippen LogP contribution in [0, 0.1) is 19.3 Å². The van der Waals surface area contributed by atoms with Crippen LogP contribution in [-0.2, 0) is 14.8 Å². The van der Waals surface area contributed by atoms with Crippen LogP contribution in [0.2, 0.25) is 0 Å². The highest BCUT2D eigenvalue weighted by Gasteiger charge is 2.64. The Morgan fingerprint density at radius 1 is 1.04 bits per heavy atom. The summed E-state index contributed by atoms with van der Waals surface area (Å²) in [5.74, 6) is -0.800. The van der Waals surface area contributed by atoms with E-state index in [0.29, 0.717) is 25.1 Å². The van der Waals surface area contributed by atoms with Gasteiger partial charge in [0.25, 0.3) is 15.9 Å². The molecule has 0 spiro atoms. The number of aryl methyl sites for hydroxylation is 2. The number of alkyl halides is 3. The van der Waals surface area contributed by atoms with Crippen molar-refractivity contribution in [2.24, 2.45) is 5.41 Å². The number of benzene rings is 2. The molecule has 3 aliphatic rings. The molecule has 50 heavy (non-hydrogen) atoms. The molecule has 6 rings (SSSR count). The van der Waals surface area contributed by atoms with E-state index in [4.69, 9.17) is 9.47 Å². The summed E-state index contributed by atoms with van der Waals surface area (Å²) in [5, 5.41) is 0. The second kappa shape index (κ2) is 14.1. The number of carbonyl (C=O) groups is 1. The van der Waals surface area contributed by atoms with Gasteiger partial charge in [-0.2, -0.15) is 18.2 Å². The molecule has 1 amide bonds. The maximum Gasteiger partial charge on any atom is 0.394 e. The van der Waals surface area contributed by atoms with E-state index in [0.717, 1.165) is 36.1 Å². The standard InChI is InChI=1S/C36H44F3N5O5S/c1-23-7-5-8-24(2)32(23)30-20-31-41-34(40-30)42-50(46,47)29-10-6-9-25(19-29)33(45)44(27-13-11-26(12-14-27)43(3)17-18-48-4)28(22-49-31)21-35(15-16-35)36(37,38)39/h5-10,19-20,26-28H,11-18,21-22H2,1-4H3,(H,40,41,42)/t26-,27+,28-/m1/s1. The van der Waals surface area contributed by atoms with Crippen molar-refractivity contribution in [1.29, 1.82) is 0 Å². The molecule has 0 unspecified atom stereocenters. The first kappa shape index (κ1) is 36.1. The van der Waals surface area contributed by atoms with Crippen LogP contribution in [0.25, 0.3) is 11.3 Å². The maximum atomic E-state index is 14.6. The van der Waals surface area contributed by atoms with Crippen LogP contribution in [0.3, 0.4) is 0 Å². The minimum atomic E-state index is -4.46. The number of sulfonamides is 1. The lowest BCUT2D eigenvalue weighted by Crippen LogP contribution is -2.53. The van der Waals surface area contributed by atoms with Gasteiger partial charge in [0.2, 0.25) is 11.8 Å². The third-order valence-electron chi connectivity index (χ3n) is 10.5. The van der Waals surface area contributed by atoms with E-state index in [1.165, 1.54) is 24.3 Å². The molecule has 14 heteroatoms. The van der Waals surface area contributed by atoms with E-state index in [9.17, 15) is 26.4 Å². The van der Waals surface area contributed by atoms with Crippen molar-refractivity contribution < 1.29 is 35.9 Å². The van der Waals surface area contributed by atoms with Crippen molar-refractivity contribution in [3.63, 3.8) is 0 Å². The average Bonchev–Trinajstić information content (AvgIpc) is 3.87. The van der Waals surface area contributed by atoms with Crippen molar-refractivity contribution in [3.8, 4) is 17.1 Å². The van der Waals surface area contributed by atoms with Crippen molar-refractivity contribution in [3.05, 3.63) is 65.2 Å². The molecule has 270 valence electrons. The van der Waals surface area contributed by atoms with Crippen molar-refractivity contribution in [1.82, 2.24) is 19.8 Å². The summed E-state index contributed by atoms with van der Waals surface area (Å²) in [6.45, 7) is 4.84. The van der Waals surface area contributed by atoms with Crippen molar-refractivity contribution in [2.45, 2.75) is 88.0 Å². The van der Waals surface area contributed by atoms with Gasteiger partial charge in [-0.3, -0.25) is 4.79 Å². The summed E-state index contributed by atoms with van der Waals surface area (Å²) in [7, 11) is -0.617. The predicted octanol–water partition coefficient (Wildman–Crippen LogP) is 6.39. The number of hydrogen-bond acceptors (Lipinski definition) is 8. The third kappa shape index (κ3) is 7.47. The Bertz CT molecular complexity index is 1810. The first-order valence-corrected chi connectivity index (χ1v) is 18.5. The van der Waals surface area contributed by atoms with Gasteiger partial charge in [0, 0.05) is 42.9 Å². The quantitative estimate of drug-likeness (QED) is 0.286. The second-order valence-corrected chi connectivity index (χ2v) is 15.6. The van der Waals surface area contributed by atoms with Gasteiger partial charge in [-0.05, 0) is 95.2 Å². The smallest absolute Gasteiger partial charge is 0.394 e. The number of anilines is 1. The summed E-state index contributed by atoms with van der Waals surface area (Å²) in [5.41, 5.74) is 1.04. The molecule has 10 nitrogen and oxygen atoms in total. The van der Waals surface area contributed by atoms with Gasteiger partial charge in [0.15, 0.2) is 0 Å². The van der Waals surface area contributed by atoms with Gasteiger partial charge in [-0.15, -0.1) is 0 Å². The maximum absolute atomic E-state index is 14.6. The molecular weight excluding hydrogens is 671 g/mol. The number of halogens is 3. The first-order chi connectivity index (χ1) is 23.7. The number of methoxy groups -OCH3 is 1. The number of aromatic nitrogens is 2. The van der Waals surface area contributed by atoms with E-state index in [1.54, 1.807) is 18.1 Å². The lowest BCUT2D eigenvalue weighted by Gasteiger charge is -2.44. The van der Waals surface area contributed by atoms with Gasteiger partial charge < -0.3 is 19.3 Å². The highest BCUT2D eigenvalue weighted by Crippen LogP contribution is 2.61. The number of likely N-dealkylation sites (N-methyl/N-ethyl adjacent to an activating group) is 1. The molecule has 2 aliphatic carbocycles. The lowest BCUT2D eigenvalue weighted by atomic mass is 9.86. The van der Waals surface area contributed by atoms with E-state index in [1.807, 2.05) is 39.1 Å². The molecule has 0 saturated heterocycles. The minimum Gasteiger partial charge on any atom is -0.475 e. The SMILES string of the molecule is COCCN(C)[C@H]1CC[C@@H](N2C(=O)c3cccc(c3)S(=O)(=O)Nc3nc(cc(-c4c(C)cccc4C)n3)OC[C@H]2CC2(C(F)(F)F)CC2)CC1. The molecule has 0 radical (unpaired) electrons. The van der Waals surface area contributed by atoms with Crippen LogP contribution in [0.1, 0.15) is 66.4 Å².